The predicted molar refractivity (Wildman–Crippen MR) is 129 cm³/mol. The second-order valence-electron chi connectivity index (χ2n) is 8.99. The molecule has 1 saturated heterocycles. The lowest BCUT2D eigenvalue weighted by Gasteiger charge is -2.32. The van der Waals surface area contributed by atoms with Crippen molar-refractivity contribution < 1.29 is 13.2 Å². The van der Waals surface area contributed by atoms with Crippen LogP contribution < -0.4 is 10.2 Å². The first-order chi connectivity index (χ1) is 15.4. The van der Waals surface area contributed by atoms with Crippen LogP contribution in [-0.2, 0) is 22.9 Å². The number of anilines is 1. The van der Waals surface area contributed by atoms with Crippen LogP contribution in [0.2, 0.25) is 0 Å². The molecule has 0 aliphatic carbocycles. The van der Waals surface area contributed by atoms with Crippen molar-refractivity contribution in [2.75, 3.05) is 43.9 Å². The Kier molecular flexibility index (Phi) is 7.16. The van der Waals surface area contributed by atoms with Gasteiger partial charge in [0.15, 0.2) is 0 Å². The van der Waals surface area contributed by atoms with Crippen molar-refractivity contribution in [2.45, 2.75) is 32.1 Å². The largest absolute Gasteiger partial charge is 0.371 e. The zero-order valence-corrected chi connectivity index (χ0v) is 19.6. The highest BCUT2D eigenvalue weighted by atomic mass is 32.2. The van der Waals surface area contributed by atoms with Gasteiger partial charge >= 0.3 is 0 Å². The van der Waals surface area contributed by atoms with Crippen molar-refractivity contribution >= 4 is 21.6 Å². The van der Waals surface area contributed by atoms with E-state index in [9.17, 15) is 13.2 Å². The van der Waals surface area contributed by atoms with Crippen LogP contribution in [0.5, 0.6) is 0 Å². The van der Waals surface area contributed by atoms with Gasteiger partial charge in [0.05, 0.1) is 6.26 Å². The van der Waals surface area contributed by atoms with Gasteiger partial charge in [0, 0.05) is 44.0 Å². The van der Waals surface area contributed by atoms with Gasteiger partial charge in [0.2, 0.25) is 10.0 Å². The fourth-order valence-electron chi connectivity index (χ4n) is 4.74. The average molecular weight is 456 g/mol. The molecule has 7 heteroatoms. The number of piperidine rings is 1. The maximum absolute atomic E-state index is 12.8. The number of hydrogen-bond donors (Lipinski definition) is 1. The Labute approximate surface area is 191 Å². The summed E-state index contributed by atoms with van der Waals surface area (Å²) in [4.78, 5) is 15.2. The number of nitrogens with one attached hydrogen (secondary N) is 1. The number of benzene rings is 2. The highest BCUT2D eigenvalue weighted by Gasteiger charge is 2.25. The van der Waals surface area contributed by atoms with Crippen LogP contribution in [0.15, 0.2) is 48.5 Å². The third-order valence-electron chi connectivity index (χ3n) is 6.66. The summed E-state index contributed by atoms with van der Waals surface area (Å²) in [6.07, 6.45) is 5.95. The van der Waals surface area contributed by atoms with Gasteiger partial charge < -0.3 is 10.2 Å². The molecule has 0 atom stereocenters. The Bertz CT molecular complexity index is 1030. The average Bonchev–Trinajstić information content (AvgIpc) is 2.81. The van der Waals surface area contributed by atoms with Crippen LogP contribution in [0.4, 0.5) is 5.69 Å². The lowest BCUT2D eigenvalue weighted by molar-refractivity contribution is 0.0941. The molecule has 2 aliphatic rings. The Morgan fingerprint density at radius 1 is 1.06 bits per heavy atom. The minimum Gasteiger partial charge on any atom is -0.371 e. The first-order valence-corrected chi connectivity index (χ1v) is 13.4. The van der Waals surface area contributed by atoms with Crippen molar-refractivity contribution in [3.05, 3.63) is 65.2 Å². The molecule has 2 aliphatic heterocycles. The van der Waals surface area contributed by atoms with Crippen LogP contribution in [0, 0.1) is 5.92 Å². The van der Waals surface area contributed by atoms with Gasteiger partial charge in [-0.1, -0.05) is 30.3 Å². The maximum atomic E-state index is 12.8. The van der Waals surface area contributed by atoms with Gasteiger partial charge in [-0.2, -0.15) is 0 Å². The Morgan fingerprint density at radius 2 is 1.81 bits per heavy atom. The van der Waals surface area contributed by atoms with E-state index in [4.69, 9.17) is 0 Å². The SMILES string of the molecule is CS(=O)(=O)N1CCC(CNC(=O)c2ccc3c(c2)CCCN3CCc2ccccc2)CC1. The van der Waals surface area contributed by atoms with Gasteiger partial charge in [0.1, 0.15) is 0 Å². The fourth-order valence-corrected chi connectivity index (χ4v) is 5.62. The predicted octanol–water partition coefficient (Wildman–Crippen LogP) is 3.08. The zero-order valence-electron chi connectivity index (χ0n) is 18.8. The maximum Gasteiger partial charge on any atom is 0.251 e. The number of aryl methyl sites for hydroxylation is 1. The smallest absolute Gasteiger partial charge is 0.251 e. The van der Waals surface area contributed by atoms with Gasteiger partial charge in [-0.3, -0.25) is 4.79 Å². The molecule has 172 valence electrons. The third-order valence-corrected chi connectivity index (χ3v) is 7.97. The van der Waals surface area contributed by atoms with Crippen molar-refractivity contribution in [3.8, 4) is 0 Å². The number of fused-ring (bicyclic) bond motifs is 1. The van der Waals surface area contributed by atoms with E-state index in [0.717, 1.165) is 45.2 Å². The Morgan fingerprint density at radius 3 is 2.53 bits per heavy atom. The van der Waals surface area contributed by atoms with Crippen LogP contribution in [0.1, 0.15) is 40.7 Å². The van der Waals surface area contributed by atoms with E-state index in [-0.39, 0.29) is 5.91 Å². The number of sulfonamides is 1. The summed E-state index contributed by atoms with van der Waals surface area (Å²) in [6.45, 7) is 3.71. The number of carbonyl (C=O) groups excluding carboxylic acids is 1. The molecule has 2 heterocycles. The number of rotatable bonds is 7. The summed E-state index contributed by atoms with van der Waals surface area (Å²) in [7, 11) is -3.12. The molecule has 0 saturated carbocycles. The molecular weight excluding hydrogens is 422 g/mol. The van der Waals surface area contributed by atoms with Gasteiger partial charge in [0.25, 0.3) is 5.91 Å². The van der Waals surface area contributed by atoms with Gasteiger partial charge in [-0.15, -0.1) is 0 Å². The number of nitrogens with zero attached hydrogens (tertiary/aromatic N) is 2. The summed E-state index contributed by atoms with van der Waals surface area (Å²) in [6, 6.07) is 16.6. The molecule has 0 bridgehead atoms. The van der Waals surface area contributed by atoms with Crippen LogP contribution in [0.3, 0.4) is 0 Å². The molecule has 0 aromatic heterocycles. The van der Waals surface area contributed by atoms with Crippen molar-refractivity contribution in [1.29, 1.82) is 0 Å². The van der Waals surface area contributed by atoms with Crippen molar-refractivity contribution in [1.82, 2.24) is 9.62 Å². The topological polar surface area (TPSA) is 69.7 Å². The van der Waals surface area contributed by atoms with Crippen LogP contribution in [0.25, 0.3) is 0 Å². The molecule has 1 N–H and O–H groups in total. The standard InChI is InChI=1S/C25H33N3O3S/c1-32(30,31)28-16-12-21(13-17-28)19-26-25(29)23-9-10-24-22(18-23)8-5-14-27(24)15-11-20-6-3-2-4-7-20/h2-4,6-7,9-10,18,21H,5,8,11-17,19H2,1H3,(H,26,29). The fraction of sp³-hybridized carbons (Fsp3) is 0.480. The summed E-state index contributed by atoms with van der Waals surface area (Å²) >= 11 is 0. The summed E-state index contributed by atoms with van der Waals surface area (Å²) in [5.74, 6) is 0.280. The van der Waals surface area contributed by atoms with Crippen molar-refractivity contribution in [2.24, 2.45) is 5.92 Å². The number of hydrogen-bond acceptors (Lipinski definition) is 4. The molecule has 0 spiro atoms. The van der Waals surface area contributed by atoms with E-state index >= 15 is 0 Å². The molecule has 32 heavy (non-hydrogen) atoms. The van der Waals surface area contributed by atoms with Gasteiger partial charge in [-0.25, -0.2) is 12.7 Å². The minimum atomic E-state index is -3.12. The molecular formula is C25H33N3O3S. The number of carbonyl (C=O) groups is 1. The molecule has 1 fully saturated rings. The summed E-state index contributed by atoms with van der Waals surface area (Å²) < 4.78 is 24.8. The number of amides is 1. The molecule has 6 nitrogen and oxygen atoms in total. The molecule has 1 amide bonds. The Balaban J connectivity index is 1.32. The van der Waals surface area contributed by atoms with Crippen LogP contribution in [-0.4, -0.2) is 57.6 Å². The lowest BCUT2D eigenvalue weighted by Crippen LogP contribution is -2.41. The van der Waals surface area contributed by atoms with Gasteiger partial charge in [-0.05, 0) is 67.3 Å². The normalized spacial score (nSPS) is 17.7. The van der Waals surface area contributed by atoms with E-state index < -0.39 is 10.0 Å². The molecule has 4 rings (SSSR count). The van der Waals surface area contributed by atoms with Crippen LogP contribution >= 0.6 is 0 Å². The molecule has 0 radical (unpaired) electrons. The van der Waals surface area contributed by atoms with Crippen molar-refractivity contribution in [3.63, 3.8) is 0 Å². The quantitative estimate of drug-likeness (QED) is 0.697. The van der Waals surface area contributed by atoms with E-state index in [2.05, 4.69) is 40.5 Å². The highest BCUT2D eigenvalue weighted by Crippen LogP contribution is 2.28. The van der Waals surface area contributed by atoms with E-state index in [1.165, 1.54) is 27.4 Å². The summed E-state index contributed by atoms with van der Waals surface area (Å²) in [5.41, 5.74) is 4.55. The lowest BCUT2D eigenvalue weighted by atomic mass is 9.97. The summed E-state index contributed by atoms with van der Waals surface area (Å²) in [5, 5.41) is 3.07. The Hall–Kier alpha value is -2.38. The molecule has 2 aromatic rings. The third kappa shape index (κ3) is 5.70. The minimum absolute atomic E-state index is 0.0419. The first kappa shape index (κ1) is 22.8. The van der Waals surface area contributed by atoms with E-state index in [0.29, 0.717) is 31.1 Å². The molecule has 2 aromatic carbocycles. The van der Waals surface area contributed by atoms with E-state index in [1.54, 1.807) is 0 Å². The monoisotopic (exact) mass is 455 g/mol. The second kappa shape index (κ2) is 10.0. The second-order valence-corrected chi connectivity index (χ2v) is 11.0. The molecule has 0 unspecified atom stereocenters. The zero-order chi connectivity index (χ0) is 22.6. The van der Waals surface area contributed by atoms with E-state index in [1.807, 2.05) is 18.2 Å². The first-order valence-electron chi connectivity index (χ1n) is 11.6. The highest BCUT2D eigenvalue weighted by molar-refractivity contribution is 7.88.